The topological polar surface area (TPSA) is 41.0 Å². The van der Waals surface area contributed by atoms with Crippen LogP contribution in [0.3, 0.4) is 0 Å². The van der Waals surface area contributed by atoms with Gasteiger partial charge in [-0.05, 0) is 32.0 Å². The zero-order chi connectivity index (χ0) is 13.4. The zero-order valence-electron chi connectivity index (χ0n) is 10.5. The van der Waals surface area contributed by atoms with Gasteiger partial charge in [-0.25, -0.2) is 0 Å². The van der Waals surface area contributed by atoms with Gasteiger partial charge in [0.25, 0.3) is 0 Å². The lowest BCUT2D eigenvalue weighted by Crippen LogP contribution is -2.24. The lowest BCUT2D eigenvalue weighted by atomic mass is 10.1. The lowest BCUT2D eigenvalue weighted by molar-refractivity contribution is 0.549. The Labute approximate surface area is 126 Å². The molecule has 1 aliphatic rings. The quantitative estimate of drug-likeness (QED) is 0.945. The molecule has 0 amide bonds. The van der Waals surface area contributed by atoms with Crippen LogP contribution in [0.2, 0.25) is 10.0 Å². The molecule has 1 N–H and O–H groups in total. The molecule has 1 fully saturated rings. The highest BCUT2D eigenvalue weighted by Crippen LogP contribution is 2.39. The molecule has 0 saturated carbocycles. The second kappa shape index (κ2) is 5.40. The van der Waals surface area contributed by atoms with Crippen LogP contribution in [0.25, 0.3) is 11.0 Å². The van der Waals surface area contributed by atoms with Crippen molar-refractivity contribution in [3.05, 3.63) is 16.1 Å². The van der Waals surface area contributed by atoms with Crippen molar-refractivity contribution < 1.29 is 0 Å². The predicted molar refractivity (Wildman–Crippen MR) is 81.7 cm³/mol. The summed E-state index contributed by atoms with van der Waals surface area (Å²) in [5.74, 6) is 0.651. The SMILES string of the molecule is CNCC1CCN(c2c(Cl)cc(Cl)c3nsnc23)C1. The van der Waals surface area contributed by atoms with E-state index in [4.69, 9.17) is 23.2 Å². The summed E-state index contributed by atoms with van der Waals surface area (Å²) >= 11 is 13.7. The number of nitrogens with one attached hydrogen (secondary N) is 1. The Bertz CT molecular complexity index is 601. The van der Waals surface area contributed by atoms with Crippen molar-refractivity contribution in [2.45, 2.75) is 6.42 Å². The summed E-state index contributed by atoms with van der Waals surface area (Å²) in [5.41, 5.74) is 2.56. The molecule has 1 aromatic carbocycles. The van der Waals surface area contributed by atoms with Gasteiger partial charge in [-0.2, -0.15) is 8.75 Å². The van der Waals surface area contributed by atoms with E-state index < -0.39 is 0 Å². The first-order valence-electron chi connectivity index (χ1n) is 6.20. The van der Waals surface area contributed by atoms with Crippen LogP contribution in [0.15, 0.2) is 6.07 Å². The number of nitrogens with zero attached hydrogens (tertiary/aromatic N) is 3. The number of anilines is 1. The highest BCUT2D eigenvalue weighted by atomic mass is 35.5. The number of fused-ring (bicyclic) bond motifs is 1. The molecule has 1 atom stereocenters. The van der Waals surface area contributed by atoms with E-state index in [-0.39, 0.29) is 0 Å². The van der Waals surface area contributed by atoms with Crippen LogP contribution < -0.4 is 10.2 Å². The maximum atomic E-state index is 6.37. The van der Waals surface area contributed by atoms with Crippen LogP contribution in [0, 0.1) is 5.92 Å². The van der Waals surface area contributed by atoms with Crippen molar-refractivity contribution in [3.8, 4) is 0 Å². The summed E-state index contributed by atoms with van der Waals surface area (Å²) in [4.78, 5) is 2.30. The monoisotopic (exact) mass is 316 g/mol. The molecule has 0 bridgehead atoms. The van der Waals surface area contributed by atoms with E-state index >= 15 is 0 Å². The minimum Gasteiger partial charge on any atom is -0.368 e. The van der Waals surface area contributed by atoms with Crippen LogP contribution in [-0.4, -0.2) is 35.4 Å². The van der Waals surface area contributed by atoms with Crippen molar-refractivity contribution in [1.82, 2.24) is 14.1 Å². The van der Waals surface area contributed by atoms with E-state index in [1.165, 1.54) is 18.1 Å². The molecule has 1 aromatic heterocycles. The molecule has 4 nitrogen and oxygen atoms in total. The fourth-order valence-corrected chi connectivity index (χ4v) is 3.88. The number of hydrogen-bond acceptors (Lipinski definition) is 5. The highest BCUT2D eigenvalue weighted by Gasteiger charge is 2.26. The van der Waals surface area contributed by atoms with Gasteiger partial charge < -0.3 is 10.2 Å². The molecule has 0 spiro atoms. The summed E-state index contributed by atoms with van der Waals surface area (Å²) in [6.07, 6.45) is 1.17. The third-order valence-corrected chi connectivity index (χ3v) is 4.62. The summed E-state index contributed by atoms with van der Waals surface area (Å²) in [6.45, 7) is 3.02. The Morgan fingerprint density at radius 2 is 2.16 bits per heavy atom. The maximum absolute atomic E-state index is 6.37. The lowest BCUT2D eigenvalue weighted by Gasteiger charge is -2.20. The average molecular weight is 317 g/mol. The molecule has 1 unspecified atom stereocenters. The molecular weight excluding hydrogens is 303 g/mol. The van der Waals surface area contributed by atoms with Crippen molar-refractivity contribution in [2.75, 3.05) is 31.6 Å². The Morgan fingerprint density at radius 1 is 1.37 bits per heavy atom. The van der Waals surface area contributed by atoms with Crippen molar-refractivity contribution in [1.29, 1.82) is 0 Å². The molecule has 19 heavy (non-hydrogen) atoms. The molecular formula is C12H14Cl2N4S. The third kappa shape index (κ3) is 2.40. The van der Waals surface area contributed by atoms with Gasteiger partial charge in [0.15, 0.2) is 0 Å². The van der Waals surface area contributed by atoms with E-state index in [9.17, 15) is 0 Å². The zero-order valence-corrected chi connectivity index (χ0v) is 12.8. The largest absolute Gasteiger partial charge is 0.368 e. The maximum Gasteiger partial charge on any atom is 0.131 e. The van der Waals surface area contributed by atoms with Crippen LogP contribution in [0.4, 0.5) is 5.69 Å². The van der Waals surface area contributed by atoms with Crippen molar-refractivity contribution >= 4 is 51.7 Å². The first-order valence-corrected chi connectivity index (χ1v) is 7.69. The first-order chi connectivity index (χ1) is 9.20. The Kier molecular flexibility index (Phi) is 3.80. The molecule has 1 saturated heterocycles. The van der Waals surface area contributed by atoms with E-state index in [2.05, 4.69) is 19.0 Å². The molecule has 3 rings (SSSR count). The van der Waals surface area contributed by atoms with E-state index in [1.807, 2.05) is 7.05 Å². The summed E-state index contributed by atoms with van der Waals surface area (Å²) in [5, 5.41) is 4.47. The first kappa shape index (κ1) is 13.4. The van der Waals surface area contributed by atoms with Gasteiger partial charge in [-0.15, -0.1) is 0 Å². The van der Waals surface area contributed by atoms with Gasteiger partial charge in [-0.3, -0.25) is 0 Å². The Morgan fingerprint density at radius 3 is 2.95 bits per heavy atom. The fraction of sp³-hybridized carbons (Fsp3) is 0.500. The number of halogens is 2. The number of rotatable bonds is 3. The van der Waals surface area contributed by atoms with Gasteiger partial charge in [-0.1, -0.05) is 23.2 Å². The van der Waals surface area contributed by atoms with Gasteiger partial charge in [0.05, 0.1) is 27.5 Å². The van der Waals surface area contributed by atoms with Crippen LogP contribution in [-0.2, 0) is 0 Å². The van der Waals surface area contributed by atoms with E-state index in [1.54, 1.807) is 6.07 Å². The highest BCUT2D eigenvalue weighted by molar-refractivity contribution is 7.00. The molecule has 7 heteroatoms. The third-order valence-electron chi connectivity index (χ3n) is 3.51. The fourth-order valence-electron chi connectivity index (χ4n) is 2.65. The van der Waals surface area contributed by atoms with Gasteiger partial charge >= 0.3 is 0 Å². The Balaban J connectivity index is 1.99. The van der Waals surface area contributed by atoms with Crippen LogP contribution in [0.5, 0.6) is 0 Å². The molecule has 1 aliphatic heterocycles. The normalized spacial score (nSPS) is 19.5. The molecule has 0 aliphatic carbocycles. The molecule has 2 aromatic rings. The van der Waals surface area contributed by atoms with Crippen LogP contribution >= 0.6 is 34.9 Å². The van der Waals surface area contributed by atoms with Gasteiger partial charge in [0, 0.05) is 13.1 Å². The average Bonchev–Trinajstić information content (AvgIpc) is 2.99. The summed E-state index contributed by atoms with van der Waals surface area (Å²) < 4.78 is 8.61. The number of hydrogen-bond donors (Lipinski definition) is 1. The van der Waals surface area contributed by atoms with Crippen LogP contribution in [0.1, 0.15) is 6.42 Å². The second-order valence-electron chi connectivity index (χ2n) is 4.81. The molecule has 2 heterocycles. The summed E-state index contributed by atoms with van der Waals surface area (Å²) in [6, 6.07) is 1.77. The minimum atomic E-state index is 0.573. The minimum absolute atomic E-state index is 0.573. The predicted octanol–water partition coefficient (Wildman–Crippen LogP) is 3.04. The van der Waals surface area contributed by atoms with Gasteiger partial charge in [0.2, 0.25) is 0 Å². The van der Waals surface area contributed by atoms with E-state index in [0.29, 0.717) is 16.0 Å². The second-order valence-corrected chi connectivity index (χ2v) is 6.15. The van der Waals surface area contributed by atoms with Crippen molar-refractivity contribution in [2.24, 2.45) is 5.92 Å². The molecule has 0 radical (unpaired) electrons. The Hall–Kier alpha value is -0.620. The van der Waals surface area contributed by atoms with Crippen molar-refractivity contribution in [3.63, 3.8) is 0 Å². The smallest absolute Gasteiger partial charge is 0.131 e. The van der Waals surface area contributed by atoms with E-state index in [0.717, 1.165) is 36.4 Å². The number of benzene rings is 1. The number of aromatic nitrogens is 2. The van der Waals surface area contributed by atoms with Gasteiger partial charge in [0.1, 0.15) is 11.0 Å². The standard InChI is InChI=1S/C12H14Cl2N4S/c1-15-5-7-2-3-18(6-7)12-9(14)4-8(13)10-11(12)17-19-16-10/h4,7,15H,2-3,5-6H2,1H3. The summed E-state index contributed by atoms with van der Waals surface area (Å²) in [7, 11) is 1.99. The molecule has 102 valence electrons.